The van der Waals surface area contributed by atoms with Gasteiger partial charge in [0.1, 0.15) is 0 Å². The zero-order chi connectivity index (χ0) is 15.9. The molecule has 1 aliphatic rings. The van der Waals surface area contributed by atoms with Gasteiger partial charge in [-0.25, -0.2) is 9.78 Å². The summed E-state index contributed by atoms with van der Waals surface area (Å²) < 4.78 is 0. The van der Waals surface area contributed by atoms with Crippen molar-refractivity contribution in [2.24, 2.45) is 5.92 Å². The zero-order valence-corrected chi connectivity index (χ0v) is 14.3. The molecule has 0 saturated carbocycles. The zero-order valence-electron chi connectivity index (χ0n) is 13.5. The Morgan fingerprint density at radius 3 is 2.82 bits per heavy atom. The maximum Gasteiger partial charge on any atom is 0.314 e. The van der Waals surface area contributed by atoms with Gasteiger partial charge in [-0.3, -0.25) is 0 Å². The van der Waals surface area contributed by atoms with E-state index in [1.54, 1.807) is 11.3 Å². The highest BCUT2D eigenvalue weighted by atomic mass is 32.1. The molecule has 1 aromatic heterocycles. The van der Waals surface area contributed by atoms with Gasteiger partial charge in [0.15, 0.2) is 0 Å². The number of amides is 2. The Bertz CT molecular complexity index is 464. The number of hydrogen-bond acceptors (Lipinski definition) is 4. The van der Waals surface area contributed by atoms with E-state index in [-0.39, 0.29) is 6.03 Å². The van der Waals surface area contributed by atoms with Crippen LogP contribution in [0.2, 0.25) is 0 Å². The van der Waals surface area contributed by atoms with Crippen molar-refractivity contribution in [1.29, 1.82) is 0 Å². The Morgan fingerprint density at radius 2 is 2.09 bits per heavy atom. The van der Waals surface area contributed by atoms with Gasteiger partial charge in [-0.1, -0.05) is 13.8 Å². The molecule has 0 spiro atoms. The predicted molar refractivity (Wildman–Crippen MR) is 89.3 cm³/mol. The van der Waals surface area contributed by atoms with Crippen LogP contribution in [0.5, 0.6) is 0 Å². The Morgan fingerprint density at radius 1 is 1.32 bits per heavy atom. The minimum absolute atomic E-state index is 0.218. The fourth-order valence-corrected chi connectivity index (χ4v) is 3.85. The van der Waals surface area contributed by atoms with Crippen LogP contribution in [-0.2, 0) is 19.3 Å². The number of rotatable bonds is 7. The standard InChI is InChI=1S/C16H27N3O2S/c1-11(2)9-12(20)10-18-16(21)17-8-7-15-19-13-5-3-4-6-14(13)22-15/h11-12,20H,3-10H2,1-2H3,(H2,17,18,21). The molecule has 2 amide bonds. The summed E-state index contributed by atoms with van der Waals surface area (Å²) >= 11 is 1.79. The van der Waals surface area contributed by atoms with Gasteiger partial charge in [0.25, 0.3) is 0 Å². The Labute approximate surface area is 136 Å². The van der Waals surface area contributed by atoms with Crippen molar-refractivity contribution < 1.29 is 9.90 Å². The lowest BCUT2D eigenvalue weighted by atomic mass is 10.0. The van der Waals surface area contributed by atoms with Crippen LogP contribution in [0, 0.1) is 5.92 Å². The number of nitrogens with one attached hydrogen (secondary N) is 2. The van der Waals surface area contributed by atoms with E-state index >= 15 is 0 Å². The molecule has 0 fully saturated rings. The second-order valence-electron chi connectivity index (χ2n) is 6.35. The van der Waals surface area contributed by atoms with Gasteiger partial charge in [-0.15, -0.1) is 11.3 Å². The molecule has 1 unspecified atom stereocenters. The maximum atomic E-state index is 11.7. The topological polar surface area (TPSA) is 74.2 Å². The lowest BCUT2D eigenvalue weighted by Gasteiger charge is -2.14. The van der Waals surface area contributed by atoms with Crippen LogP contribution >= 0.6 is 11.3 Å². The van der Waals surface area contributed by atoms with E-state index < -0.39 is 6.10 Å². The summed E-state index contributed by atoms with van der Waals surface area (Å²) in [7, 11) is 0. The summed E-state index contributed by atoms with van der Waals surface area (Å²) in [5.74, 6) is 0.427. The van der Waals surface area contributed by atoms with Crippen molar-refractivity contribution in [3.63, 3.8) is 0 Å². The van der Waals surface area contributed by atoms with Gasteiger partial charge >= 0.3 is 6.03 Å². The first-order valence-corrected chi connectivity index (χ1v) is 9.03. The molecule has 2 rings (SSSR count). The average Bonchev–Trinajstić information content (AvgIpc) is 2.87. The highest BCUT2D eigenvalue weighted by molar-refractivity contribution is 7.11. The normalized spacial score (nSPS) is 15.5. The van der Waals surface area contributed by atoms with Crippen molar-refractivity contribution in [3.8, 4) is 0 Å². The van der Waals surface area contributed by atoms with Crippen molar-refractivity contribution in [3.05, 3.63) is 15.6 Å². The molecule has 3 N–H and O–H groups in total. The molecule has 0 aromatic carbocycles. The third-order valence-electron chi connectivity index (χ3n) is 3.76. The third kappa shape index (κ3) is 5.57. The lowest BCUT2D eigenvalue weighted by molar-refractivity contribution is 0.147. The van der Waals surface area contributed by atoms with Crippen molar-refractivity contribution in [1.82, 2.24) is 15.6 Å². The van der Waals surface area contributed by atoms with Gasteiger partial charge in [0.2, 0.25) is 0 Å². The molecule has 1 atom stereocenters. The third-order valence-corrected chi connectivity index (χ3v) is 4.97. The molecule has 0 aliphatic heterocycles. The van der Waals surface area contributed by atoms with Crippen LogP contribution in [0.3, 0.4) is 0 Å². The first-order chi connectivity index (χ1) is 10.5. The van der Waals surface area contributed by atoms with Crippen LogP contribution in [0.15, 0.2) is 0 Å². The number of carbonyl (C=O) groups excluding carboxylic acids is 1. The first-order valence-electron chi connectivity index (χ1n) is 8.21. The highest BCUT2D eigenvalue weighted by Crippen LogP contribution is 2.26. The number of aromatic nitrogens is 1. The monoisotopic (exact) mass is 325 g/mol. The highest BCUT2D eigenvalue weighted by Gasteiger charge is 2.15. The first kappa shape index (κ1) is 17.2. The Kier molecular flexibility index (Phi) is 6.64. The van der Waals surface area contributed by atoms with Gasteiger partial charge in [0.05, 0.1) is 16.8 Å². The van der Waals surface area contributed by atoms with E-state index in [1.165, 1.54) is 23.4 Å². The molecule has 5 nitrogen and oxygen atoms in total. The van der Waals surface area contributed by atoms with Crippen LogP contribution < -0.4 is 10.6 Å². The number of carbonyl (C=O) groups is 1. The molecule has 124 valence electrons. The number of thiazole rings is 1. The van der Waals surface area contributed by atoms with E-state index in [4.69, 9.17) is 0 Å². The summed E-state index contributed by atoms with van der Waals surface area (Å²) in [5.41, 5.74) is 1.27. The van der Waals surface area contributed by atoms with E-state index in [0.717, 1.165) is 24.3 Å². The largest absolute Gasteiger partial charge is 0.391 e. The van der Waals surface area contributed by atoms with Crippen LogP contribution in [-0.4, -0.2) is 35.3 Å². The van der Waals surface area contributed by atoms with Crippen molar-refractivity contribution >= 4 is 17.4 Å². The smallest absolute Gasteiger partial charge is 0.314 e. The number of aliphatic hydroxyl groups excluding tert-OH is 1. The molecule has 0 saturated heterocycles. The lowest BCUT2D eigenvalue weighted by Crippen LogP contribution is -2.40. The maximum absolute atomic E-state index is 11.7. The SMILES string of the molecule is CC(C)CC(O)CNC(=O)NCCc1nc2c(s1)CCCC2. The Balaban J connectivity index is 1.63. The molecular formula is C16H27N3O2S. The molecule has 1 heterocycles. The average molecular weight is 325 g/mol. The molecule has 1 aromatic rings. The van der Waals surface area contributed by atoms with Crippen molar-refractivity contribution in [2.75, 3.05) is 13.1 Å². The number of aryl methyl sites for hydroxylation is 2. The molecular weight excluding hydrogens is 298 g/mol. The minimum Gasteiger partial charge on any atom is -0.391 e. The quantitative estimate of drug-likeness (QED) is 0.720. The summed E-state index contributed by atoms with van der Waals surface area (Å²) in [6, 6.07) is -0.218. The summed E-state index contributed by atoms with van der Waals surface area (Å²) in [6.07, 6.45) is 5.78. The van der Waals surface area contributed by atoms with Gasteiger partial charge in [0, 0.05) is 24.4 Å². The second kappa shape index (κ2) is 8.48. The predicted octanol–water partition coefficient (Wildman–Crippen LogP) is 2.27. The van der Waals surface area contributed by atoms with E-state index in [0.29, 0.717) is 25.4 Å². The number of hydrogen-bond donors (Lipinski definition) is 3. The number of nitrogens with zero attached hydrogens (tertiary/aromatic N) is 1. The number of fused-ring (bicyclic) bond motifs is 1. The molecule has 0 bridgehead atoms. The fraction of sp³-hybridized carbons (Fsp3) is 0.750. The van der Waals surface area contributed by atoms with Gasteiger partial charge in [-0.2, -0.15) is 0 Å². The molecule has 22 heavy (non-hydrogen) atoms. The summed E-state index contributed by atoms with van der Waals surface area (Å²) in [4.78, 5) is 17.8. The molecule has 0 radical (unpaired) electrons. The second-order valence-corrected chi connectivity index (χ2v) is 7.52. The Hall–Kier alpha value is -1.14. The summed E-state index contributed by atoms with van der Waals surface area (Å²) in [6.45, 7) is 4.99. The van der Waals surface area contributed by atoms with Crippen LogP contribution in [0.4, 0.5) is 4.79 Å². The van der Waals surface area contributed by atoms with Gasteiger partial charge in [-0.05, 0) is 38.0 Å². The number of aliphatic hydroxyl groups is 1. The summed E-state index contributed by atoms with van der Waals surface area (Å²) in [5, 5.41) is 16.4. The minimum atomic E-state index is -0.476. The van der Waals surface area contributed by atoms with Crippen LogP contribution in [0.1, 0.15) is 48.7 Å². The van der Waals surface area contributed by atoms with Crippen molar-refractivity contribution in [2.45, 2.75) is 58.5 Å². The van der Waals surface area contributed by atoms with E-state index in [9.17, 15) is 9.90 Å². The number of urea groups is 1. The van der Waals surface area contributed by atoms with Gasteiger partial charge < -0.3 is 15.7 Å². The molecule has 1 aliphatic carbocycles. The fourth-order valence-electron chi connectivity index (χ4n) is 2.70. The van der Waals surface area contributed by atoms with E-state index in [2.05, 4.69) is 29.5 Å². The molecule has 6 heteroatoms. The van der Waals surface area contributed by atoms with E-state index in [1.807, 2.05) is 0 Å². The van der Waals surface area contributed by atoms with Crippen LogP contribution in [0.25, 0.3) is 0 Å².